The van der Waals surface area contributed by atoms with E-state index in [9.17, 15) is 18.0 Å². The molecule has 0 atom stereocenters. The number of nitrogens with zero attached hydrogens (tertiary/aromatic N) is 3. The van der Waals surface area contributed by atoms with Crippen molar-refractivity contribution in [2.45, 2.75) is 13.3 Å². The van der Waals surface area contributed by atoms with Gasteiger partial charge in [0.1, 0.15) is 17.1 Å². The van der Waals surface area contributed by atoms with Crippen LogP contribution in [0.4, 0.5) is 13.2 Å². The summed E-state index contributed by atoms with van der Waals surface area (Å²) in [5.41, 5.74) is 0.242. The number of aromatic nitrogens is 4. The molecule has 0 aliphatic rings. The molecule has 10 heteroatoms. The van der Waals surface area contributed by atoms with E-state index in [1.807, 2.05) is 0 Å². The molecule has 6 nitrogen and oxygen atoms in total. The Bertz CT molecular complexity index is 931. The van der Waals surface area contributed by atoms with Gasteiger partial charge >= 0.3 is 12.1 Å². The maximum Gasteiger partial charge on any atom is 0.573 e. The second kappa shape index (κ2) is 5.27. The number of imidazole rings is 1. The van der Waals surface area contributed by atoms with Gasteiger partial charge in [-0.3, -0.25) is 9.55 Å². The van der Waals surface area contributed by atoms with Crippen LogP contribution >= 0.6 is 11.6 Å². The van der Waals surface area contributed by atoms with E-state index in [-0.39, 0.29) is 16.3 Å². The second-order valence-electron chi connectivity index (χ2n) is 4.57. The zero-order chi connectivity index (χ0) is 16.8. The molecule has 0 aliphatic heterocycles. The van der Waals surface area contributed by atoms with E-state index in [1.165, 1.54) is 16.7 Å². The molecule has 0 unspecified atom stereocenters. The molecule has 120 valence electrons. The first kappa shape index (κ1) is 15.3. The van der Waals surface area contributed by atoms with E-state index in [0.29, 0.717) is 11.5 Å². The maximum atomic E-state index is 12.2. The van der Waals surface area contributed by atoms with E-state index in [4.69, 9.17) is 11.6 Å². The van der Waals surface area contributed by atoms with Gasteiger partial charge in [0.15, 0.2) is 10.8 Å². The Morgan fingerprint density at radius 3 is 2.48 bits per heavy atom. The van der Waals surface area contributed by atoms with Crippen molar-refractivity contribution in [2.75, 3.05) is 0 Å². The lowest BCUT2D eigenvalue weighted by atomic mass is 10.3. The minimum Gasteiger partial charge on any atom is -0.406 e. The predicted molar refractivity (Wildman–Crippen MR) is 75.9 cm³/mol. The molecule has 0 fully saturated rings. The maximum absolute atomic E-state index is 12.2. The molecule has 2 heterocycles. The number of alkyl halides is 3. The summed E-state index contributed by atoms with van der Waals surface area (Å²) >= 11 is 6.04. The molecule has 23 heavy (non-hydrogen) atoms. The number of halogens is 4. The third kappa shape index (κ3) is 3.00. The fourth-order valence-electron chi connectivity index (χ4n) is 2.12. The van der Waals surface area contributed by atoms with Crippen molar-refractivity contribution >= 4 is 22.8 Å². The van der Waals surface area contributed by atoms with E-state index >= 15 is 0 Å². The average Bonchev–Trinajstić information content (AvgIpc) is 2.74. The minimum absolute atomic E-state index is 0.0569. The third-order valence-electron chi connectivity index (χ3n) is 2.93. The van der Waals surface area contributed by atoms with Crippen LogP contribution in [0.1, 0.15) is 5.82 Å². The zero-order valence-electron chi connectivity index (χ0n) is 11.5. The summed E-state index contributed by atoms with van der Waals surface area (Å²) in [5.74, 6) is -0.0165. The Morgan fingerprint density at radius 2 is 1.87 bits per heavy atom. The molecule has 0 spiro atoms. The van der Waals surface area contributed by atoms with Gasteiger partial charge in [-0.25, -0.2) is 14.8 Å². The van der Waals surface area contributed by atoms with Crippen molar-refractivity contribution in [1.29, 1.82) is 0 Å². The Kier molecular flexibility index (Phi) is 3.52. The number of nitrogens with one attached hydrogen (secondary N) is 1. The highest BCUT2D eigenvalue weighted by Crippen LogP contribution is 2.25. The standard InChI is InChI=1S/C13H8ClF3N4O2/c1-6-18-10(14)9-11(19-6)20-12(22)21(9)7-2-4-8(5-3-7)23-13(15,16)17/h2-5H,1H3,(H,18,19,20,22). The lowest BCUT2D eigenvalue weighted by Crippen LogP contribution is -2.17. The van der Waals surface area contributed by atoms with E-state index < -0.39 is 17.8 Å². The van der Waals surface area contributed by atoms with Gasteiger partial charge in [0.05, 0.1) is 5.69 Å². The predicted octanol–water partition coefficient (Wildman–Crippen LogP) is 2.97. The number of fused-ring (bicyclic) bond motifs is 1. The zero-order valence-corrected chi connectivity index (χ0v) is 12.2. The number of H-pyrrole nitrogens is 1. The minimum atomic E-state index is -4.78. The first-order chi connectivity index (χ1) is 10.7. The smallest absolute Gasteiger partial charge is 0.406 e. The van der Waals surface area contributed by atoms with Gasteiger partial charge in [-0.2, -0.15) is 0 Å². The van der Waals surface area contributed by atoms with Crippen molar-refractivity contribution in [1.82, 2.24) is 19.5 Å². The monoisotopic (exact) mass is 344 g/mol. The van der Waals surface area contributed by atoms with Gasteiger partial charge in [-0.05, 0) is 31.2 Å². The van der Waals surface area contributed by atoms with Crippen molar-refractivity contribution in [3.05, 3.63) is 45.7 Å². The summed E-state index contributed by atoms with van der Waals surface area (Å²) < 4.78 is 41.4. The molecule has 1 aromatic carbocycles. The largest absolute Gasteiger partial charge is 0.573 e. The molecule has 0 amide bonds. The Labute approximate surface area is 131 Å². The van der Waals surface area contributed by atoms with Gasteiger partial charge in [-0.15, -0.1) is 13.2 Å². The summed E-state index contributed by atoms with van der Waals surface area (Å²) in [5, 5.41) is 0.0569. The number of hydrogen-bond donors (Lipinski definition) is 1. The average molecular weight is 345 g/mol. The topological polar surface area (TPSA) is 72.8 Å². The van der Waals surface area contributed by atoms with Crippen LogP contribution in [0.2, 0.25) is 5.15 Å². The first-order valence-corrected chi connectivity index (χ1v) is 6.63. The Hall–Kier alpha value is -2.55. The van der Waals surface area contributed by atoms with Crippen LogP contribution in [0.3, 0.4) is 0 Å². The Balaban J connectivity index is 2.10. The van der Waals surface area contributed by atoms with Crippen LogP contribution in [0.25, 0.3) is 16.9 Å². The van der Waals surface area contributed by atoms with E-state index in [0.717, 1.165) is 12.1 Å². The van der Waals surface area contributed by atoms with Gasteiger partial charge in [0, 0.05) is 0 Å². The fourth-order valence-corrected chi connectivity index (χ4v) is 2.42. The molecule has 0 aliphatic carbocycles. The van der Waals surface area contributed by atoms with E-state index in [1.54, 1.807) is 6.92 Å². The van der Waals surface area contributed by atoms with Gasteiger partial charge < -0.3 is 4.74 Å². The molecule has 3 aromatic rings. The van der Waals surface area contributed by atoms with Crippen LogP contribution in [-0.4, -0.2) is 25.9 Å². The molecular weight excluding hydrogens is 337 g/mol. The van der Waals surface area contributed by atoms with Crippen LogP contribution in [0.15, 0.2) is 29.1 Å². The molecule has 0 radical (unpaired) electrons. The lowest BCUT2D eigenvalue weighted by Gasteiger charge is -2.09. The van der Waals surface area contributed by atoms with E-state index in [2.05, 4.69) is 19.7 Å². The molecule has 0 bridgehead atoms. The van der Waals surface area contributed by atoms with Crippen molar-refractivity contribution in [2.24, 2.45) is 0 Å². The third-order valence-corrected chi connectivity index (χ3v) is 3.20. The molecule has 0 saturated heterocycles. The van der Waals surface area contributed by atoms with Crippen LogP contribution < -0.4 is 10.4 Å². The summed E-state index contributed by atoms with van der Waals surface area (Å²) in [6, 6.07) is 4.78. The van der Waals surface area contributed by atoms with Gasteiger partial charge in [0.25, 0.3) is 0 Å². The Morgan fingerprint density at radius 1 is 1.22 bits per heavy atom. The number of hydrogen-bond acceptors (Lipinski definition) is 4. The summed E-state index contributed by atoms with van der Waals surface area (Å²) in [7, 11) is 0. The first-order valence-electron chi connectivity index (χ1n) is 6.25. The second-order valence-corrected chi connectivity index (χ2v) is 4.92. The van der Waals surface area contributed by atoms with Crippen molar-refractivity contribution in [3.8, 4) is 11.4 Å². The van der Waals surface area contributed by atoms with Crippen LogP contribution in [-0.2, 0) is 0 Å². The number of benzene rings is 1. The van der Waals surface area contributed by atoms with Crippen LogP contribution in [0, 0.1) is 6.92 Å². The van der Waals surface area contributed by atoms with Gasteiger partial charge in [-0.1, -0.05) is 11.6 Å². The summed E-state index contributed by atoms with van der Waals surface area (Å²) in [6.45, 7) is 1.62. The molecule has 0 saturated carbocycles. The summed E-state index contributed by atoms with van der Waals surface area (Å²) in [4.78, 5) is 22.6. The SMILES string of the molecule is Cc1nc(Cl)c2c(n1)[nH]c(=O)n2-c1ccc(OC(F)(F)F)cc1. The normalized spacial score (nSPS) is 11.9. The molecule has 3 rings (SSSR count). The number of rotatable bonds is 2. The summed E-state index contributed by atoms with van der Waals surface area (Å²) in [6.07, 6.45) is -4.78. The van der Waals surface area contributed by atoms with Crippen molar-refractivity contribution in [3.63, 3.8) is 0 Å². The number of aryl methyl sites for hydroxylation is 1. The van der Waals surface area contributed by atoms with Gasteiger partial charge in [0.2, 0.25) is 0 Å². The lowest BCUT2D eigenvalue weighted by molar-refractivity contribution is -0.274. The molecule has 2 aromatic heterocycles. The number of aromatic amines is 1. The number of ether oxygens (including phenoxy) is 1. The highest BCUT2D eigenvalue weighted by atomic mass is 35.5. The molecule has 1 N–H and O–H groups in total. The highest BCUT2D eigenvalue weighted by Gasteiger charge is 2.31. The van der Waals surface area contributed by atoms with Crippen LogP contribution in [0.5, 0.6) is 5.75 Å². The fraction of sp³-hybridized carbons (Fsp3) is 0.154. The highest BCUT2D eigenvalue weighted by molar-refractivity contribution is 6.33. The van der Waals surface area contributed by atoms with Crippen molar-refractivity contribution < 1.29 is 17.9 Å². The molecular formula is C13H8ClF3N4O2. The quantitative estimate of drug-likeness (QED) is 0.725.